The SMILES string of the molecule is C=CCCc1ccc(-c2ccc(C/C=C/Cc3ccc(CC/C=C/C)cc3)c(F)c2)c(F)c1. The van der Waals surface area contributed by atoms with Crippen LogP contribution in [0.25, 0.3) is 11.1 Å². The van der Waals surface area contributed by atoms with Gasteiger partial charge in [-0.1, -0.05) is 78.9 Å². The zero-order valence-corrected chi connectivity index (χ0v) is 19.4. The lowest BCUT2D eigenvalue weighted by atomic mass is 9.99. The van der Waals surface area contributed by atoms with Crippen LogP contribution in [0.3, 0.4) is 0 Å². The van der Waals surface area contributed by atoms with Crippen LogP contribution >= 0.6 is 0 Å². The molecule has 0 N–H and O–H groups in total. The van der Waals surface area contributed by atoms with Crippen molar-refractivity contribution in [1.82, 2.24) is 0 Å². The van der Waals surface area contributed by atoms with Crippen LogP contribution in [0.4, 0.5) is 8.78 Å². The molecule has 0 fully saturated rings. The maximum absolute atomic E-state index is 14.7. The molecule has 0 atom stereocenters. The Bertz CT molecular complexity index is 1100. The number of benzene rings is 3. The van der Waals surface area contributed by atoms with Crippen molar-refractivity contribution in [3.05, 3.63) is 132 Å². The maximum Gasteiger partial charge on any atom is 0.131 e. The topological polar surface area (TPSA) is 0 Å². The summed E-state index contributed by atoms with van der Waals surface area (Å²) in [5.74, 6) is -0.630. The molecular weight excluding hydrogens is 410 g/mol. The average Bonchev–Trinajstić information content (AvgIpc) is 2.82. The Morgan fingerprint density at radius 2 is 1.39 bits per heavy atom. The minimum atomic E-state index is -0.323. The summed E-state index contributed by atoms with van der Waals surface area (Å²) in [5.41, 5.74) is 5.09. The molecule has 0 saturated heterocycles. The number of hydrogen-bond donors (Lipinski definition) is 0. The van der Waals surface area contributed by atoms with E-state index in [1.165, 1.54) is 23.3 Å². The molecular formula is C31H32F2. The van der Waals surface area contributed by atoms with Crippen LogP contribution < -0.4 is 0 Å². The summed E-state index contributed by atoms with van der Waals surface area (Å²) < 4.78 is 29.2. The van der Waals surface area contributed by atoms with E-state index in [-0.39, 0.29) is 11.6 Å². The first-order chi connectivity index (χ1) is 16.1. The minimum absolute atomic E-state index is 0.308. The van der Waals surface area contributed by atoms with Crippen LogP contribution in [0.1, 0.15) is 42.0 Å². The fraction of sp³-hybridized carbons (Fsp3) is 0.226. The summed E-state index contributed by atoms with van der Waals surface area (Å²) in [7, 11) is 0. The van der Waals surface area contributed by atoms with E-state index in [2.05, 4.69) is 49.1 Å². The third-order valence-corrected chi connectivity index (χ3v) is 5.75. The van der Waals surface area contributed by atoms with Gasteiger partial charge >= 0.3 is 0 Å². The number of allylic oxidation sites excluding steroid dienone is 5. The third kappa shape index (κ3) is 7.39. The lowest BCUT2D eigenvalue weighted by Crippen LogP contribution is -1.93. The first-order valence-corrected chi connectivity index (χ1v) is 11.6. The van der Waals surface area contributed by atoms with Crippen molar-refractivity contribution in [3.63, 3.8) is 0 Å². The molecule has 3 aromatic carbocycles. The largest absolute Gasteiger partial charge is 0.207 e. The molecule has 0 nitrogen and oxygen atoms in total. The van der Waals surface area contributed by atoms with Crippen molar-refractivity contribution in [3.8, 4) is 11.1 Å². The summed E-state index contributed by atoms with van der Waals surface area (Å²) >= 11 is 0. The van der Waals surface area contributed by atoms with Crippen LogP contribution in [-0.4, -0.2) is 0 Å². The summed E-state index contributed by atoms with van der Waals surface area (Å²) in [5, 5.41) is 0. The van der Waals surface area contributed by atoms with E-state index in [0.717, 1.165) is 37.7 Å². The molecule has 0 radical (unpaired) electrons. The highest BCUT2D eigenvalue weighted by Crippen LogP contribution is 2.26. The Labute approximate surface area is 197 Å². The molecule has 0 saturated carbocycles. The highest BCUT2D eigenvalue weighted by Gasteiger charge is 2.09. The second kappa shape index (κ2) is 12.7. The standard InChI is InChI=1S/C31H32F2/c1-3-5-7-11-24-14-16-25(17-15-24)12-8-9-13-27-19-20-28(23-30(27)32)29-21-18-26(10-6-4-2)22-31(29)33/h3-5,8-9,14-23H,2,6-7,10-13H2,1H3/b5-3+,9-8+. The van der Waals surface area contributed by atoms with Crippen LogP contribution in [0.5, 0.6) is 0 Å². The van der Waals surface area contributed by atoms with Gasteiger partial charge in [0.25, 0.3) is 0 Å². The average molecular weight is 443 g/mol. The molecule has 0 aliphatic carbocycles. The molecule has 0 unspecified atom stereocenters. The van der Waals surface area contributed by atoms with Gasteiger partial charge in [0.15, 0.2) is 0 Å². The zero-order chi connectivity index (χ0) is 23.5. The van der Waals surface area contributed by atoms with Crippen LogP contribution in [0.15, 0.2) is 97.6 Å². The quantitative estimate of drug-likeness (QED) is 0.261. The van der Waals surface area contributed by atoms with Gasteiger partial charge in [-0.05, 0) is 85.4 Å². The van der Waals surface area contributed by atoms with Gasteiger partial charge in [0, 0.05) is 5.56 Å². The van der Waals surface area contributed by atoms with Gasteiger partial charge in [0.2, 0.25) is 0 Å². The lowest BCUT2D eigenvalue weighted by molar-refractivity contribution is 0.613. The molecule has 0 spiro atoms. The molecule has 0 heterocycles. The van der Waals surface area contributed by atoms with E-state index >= 15 is 0 Å². The van der Waals surface area contributed by atoms with Crippen molar-refractivity contribution in [2.75, 3.05) is 0 Å². The van der Waals surface area contributed by atoms with Gasteiger partial charge < -0.3 is 0 Å². The van der Waals surface area contributed by atoms with Crippen molar-refractivity contribution in [2.45, 2.75) is 45.4 Å². The molecule has 0 bridgehead atoms. The molecule has 0 aliphatic heterocycles. The van der Waals surface area contributed by atoms with E-state index in [0.29, 0.717) is 23.1 Å². The van der Waals surface area contributed by atoms with Gasteiger partial charge in [-0.25, -0.2) is 8.78 Å². The maximum atomic E-state index is 14.7. The van der Waals surface area contributed by atoms with Gasteiger partial charge in [0.05, 0.1) is 0 Å². The molecule has 3 aromatic rings. The van der Waals surface area contributed by atoms with Crippen LogP contribution in [0, 0.1) is 11.6 Å². The number of aryl methyl sites for hydroxylation is 2. The van der Waals surface area contributed by atoms with Gasteiger partial charge in [-0.15, -0.1) is 6.58 Å². The molecule has 170 valence electrons. The first kappa shape index (κ1) is 24.4. The van der Waals surface area contributed by atoms with E-state index in [1.807, 2.05) is 25.1 Å². The Morgan fingerprint density at radius 1 is 0.697 bits per heavy atom. The molecule has 3 rings (SSSR count). The molecule has 0 aliphatic rings. The Balaban J connectivity index is 1.57. The van der Waals surface area contributed by atoms with Gasteiger partial charge in [0.1, 0.15) is 11.6 Å². The van der Waals surface area contributed by atoms with E-state index in [1.54, 1.807) is 18.2 Å². The Kier molecular flexibility index (Phi) is 9.38. The van der Waals surface area contributed by atoms with E-state index in [9.17, 15) is 8.78 Å². The van der Waals surface area contributed by atoms with Crippen molar-refractivity contribution >= 4 is 0 Å². The number of hydrogen-bond acceptors (Lipinski definition) is 0. The highest BCUT2D eigenvalue weighted by molar-refractivity contribution is 5.65. The second-order valence-electron chi connectivity index (χ2n) is 8.25. The summed E-state index contributed by atoms with van der Waals surface area (Å²) in [6.07, 6.45) is 15.1. The van der Waals surface area contributed by atoms with E-state index < -0.39 is 0 Å². The summed E-state index contributed by atoms with van der Waals surface area (Å²) in [6.45, 7) is 5.74. The molecule has 2 heteroatoms. The van der Waals surface area contributed by atoms with Gasteiger partial charge in [-0.2, -0.15) is 0 Å². The van der Waals surface area contributed by atoms with Crippen molar-refractivity contribution in [1.29, 1.82) is 0 Å². The lowest BCUT2D eigenvalue weighted by Gasteiger charge is -2.08. The first-order valence-electron chi connectivity index (χ1n) is 11.6. The third-order valence-electron chi connectivity index (χ3n) is 5.75. The predicted molar refractivity (Wildman–Crippen MR) is 136 cm³/mol. The molecule has 0 amide bonds. The smallest absolute Gasteiger partial charge is 0.131 e. The number of halogens is 2. The second-order valence-corrected chi connectivity index (χ2v) is 8.25. The van der Waals surface area contributed by atoms with Crippen molar-refractivity contribution < 1.29 is 8.78 Å². The van der Waals surface area contributed by atoms with Crippen LogP contribution in [0.2, 0.25) is 0 Å². The zero-order valence-electron chi connectivity index (χ0n) is 19.4. The van der Waals surface area contributed by atoms with Crippen molar-refractivity contribution in [2.24, 2.45) is 0 Å². The fourth-order valence-electron chi connectivity index (χ4n) is 3.79. The van der Waals surface area contributed by atoms with E-state index in [4.69, 9.17) is 0 Å². The highest BCUT2D eigenvalue weighted by atomic mass is 19.1. The Morgan fingerprint density at radius 3 is 2.09 bits per heavy atom. The summed E-state index contributed by atoms with van der Waals surface area (Å²) in [4.78, 5) is 0. The monoisotopic (exact) mass is 442 g/mol. The molecule has 33 heavy (non-hydrogen) atoms. The normalized spacial score (nSPS) is 11.5. The predicted octanol–water partition coefficient (Wildman–Crippen LogP) is 8.60. The van der Waals surface area contributed by atoms with Gasteiger partial charge in [-0.3, -0.25) is 0 Å². The molecule has 0 aromatic heterocycles. The summed E-state index contributed by atoms with van der Waals surface area (Å²) in [6, 6.07) is 18.8. The fourth-order valence-corrected chi connectivity index (χ4v) is 3.79. The Hall–Kier alpha value is -3.26. The van der Waals surface area contributed by atoms with Crippen LogP contribution in [-0.2, 0) is 25.7 Å². The minimum Gasteiger partial charge on any atom is -0.207 e. The number of rotatable bonds is 11.